The molecule has 1 aromatic heterocycles. The van der Waals surface area contributed by atoms with Crippen LogP contribution in [0.2, 0.25) is 0 Å². The fraction of sp³-hybridized carbons (Fsp3) is 0.400. The molecule has 4 heteroatoms. The van der Waals surface area contributed by atoms with Crippen molar-refractivity contribution < 1.29 is 9.90 Å². The first-order valence-corrected chi connectivity index (χ1v) is 6.70. The number of aromatic amines is 1. The van der Waals surface area contributed by atoms with Gasteiger partial charge in [0.1, 0.15) is 0 Å². The second-order valence-corrected chi connectivity index (χ2v) is 5.33. The highest BCUT2D eigenvalue weighted by Gasteiger charge is 2.28. The number of piperidine rings is 1. The van der Waals surface area contributed by atoms with Crippen LogP contribution in [0.4, 0.5) is 0 Å². The van der Waals surface area contributed by atoms with Gasteiger partial charge in [-0.3, -0.25) is 4.79 Å². The van der Waals surface area contributed by atoms with E-state index in [4.69, 9.17) is 0 Å². The molecule has 4 nitrogen and oxygen atoms in total. The van der Waals surface area contributed by atoms with E-state index in [0.717, 1.165) is 17.3 Å². The molecule has 1 aromatic carbocycles. The minimum atomic E-state index is -0.416. The van der Waals surface area contributed by atoms with Crippen molar-refractivity contribution >= 4 is 16.8 Å². The number of likely N-dealkylation sites (tertiary alicyclic amines) is 1. The van der Waals surface area contributed by atoms with Gasteiger partial charge in [-0.25, -0.2) is 0 Å². The zero-order valence-corrected chi connectivity index (χ0v) is 11.0. The maximum absolute atomic E-state index is 12.6. The quantitative estimate of drug-likeness (QED) is 0.822. The molecule has 0 spiro atoms. The summed E-state index contributed by atoms with van der Waals surface area (Å²) < 4.78 is 0. The number of nitrogens with one attached hydrogen (secondary N) is 1. The van der Waals surface area contributed by atoms with Crippen molar-refractivity contribution in [3.63, 3.8) is 0 Å². The third-order valence-electron chi connectivity index (χ3n) is 4.02. The highest BCUT2D eigenvalue weighted by atomic mass is 16.3. The predicted molar refractivity (Wildman–Crippen MR) is 74.0 cm³/mol. The Morgan fingerprint density at radius 3 is 3.05 bits per heavy atom. The van der Waals surface area contributed by atoms with E-state index in [2.05, 4.69) is 4.98 Å². The van der Waals surface area contributed by atoms with Crippen LogP contribution in [0.1, 0.15) is 23.7 Å². The molecule has 0 aliphatic carbocycles. The number of rotatable bonds is 1. The van der Waals surface area contributed by atoms with Gasteiger partial charge in [-0.1, -0.05) is 19.1 Å². The molecule has 0 bridgehead atoms. The van der Waals surface area contributed by atoms with Crippen LogP contribution in [0.15, 0.2) is 30.5 Å². The SMILES string of the molecule is CC1CCN(C(=O)c2cccc3cc[nH]c23)CC1O. The lowest BCUT2D eigenvalue weighted by atomic mass is 9.95. The molecule has 1 fully saturated rings. The number of fused-ring (bicyclic) bond motifs is 1. The lowest BCUT2D eigenvalue weighted by Crippen LogP contribution is -2.45. The molecule has 19 heavy (non-hydrogen) atoms. The first kappa shape index (κ1) is 12.2. The van der Waals surface area contributed by atoms with Crippen LogP contribution in [0.3, 0.4) is 0 Å². The third-order valence-corrected chi connectivity index (χ3v) is 4.02. The molecule has 2 heterocycles. The van der Waals surface area contributed by atoms with E-state index in [1.807, 2.05) is 37.4 Å². The first-order chi connectivity index (χ1) is 9.16. The maximum atomic E-state index is 12.6. The van der Waals surface area contributed by atoms with Crippen molar-refractivity contribution in [2.45, 2.75) is 19.4 Å². The number of para-hydroxylation sites is 1. The summed E-state index contributed by atoms with van der Waals surface area (Å²) in [5.41, 5.74) is 1.56. The Labute approximate surface area is 112 Å². The van der Waals surface area contributed by atoms with Gasteiger partial charge in [0.15, 0.2) is 0 Å². The van der Waals surface area contributed by atoms with E-state index < -0.39 is 6.10 Å². The monoisotopic (exact) mass is 258 g/mol. The fourth-order valence-electron chi connectivity index (χ4n) is 2.67. The van der Waals surface area contributed by atoms with Gasteiger partial charge in [-0.05, 0) is 24.5 Å². The van der Waals surface area contributed by atoms with E-state index in [-0.39, 0.29) is 11.8 Å². The molecule has 100 valence electrons. The Morgan fingerprint density at radius 1 is 1.42 bits per heavy atom. The van der Waals surface area contributed by atoms with E-state index in [1.165, 1.54) is 0 Å². The molecule has 2 N–H and O–H groups in total. The van der Waals surface area contributed by atoms with Gasteiger partial charge >= 0.3 is 0 Å². The molecule has 1 amide bonds. The Balaban J connectivity index is 1.90. The van der Waals surface area contributed by atoms with Gasteiger partial charge < -0.3 is 15.0 Å². The van der Waals surface area contributed by atoms with Gasteiger partial charge in [0, 0.05) is 24.7 Å². The molecular formula is C15H18N2O2. The molecule has 3 rings (SSSR count). The summed E-state index contributed by atoms with van der Waals surface area (Å²) in [5, 5.41) is 11.0. The van der Waals surface area contributed by atoms with E-state index in [9.17, 15) is 9.90 Å². The Bertz CT molecular complexity index is 605. The third kappa shape index (κ3) is 2.12. The van der Waals surface area contributed by atoms with Gasteiger partial charge in [-0.2, -0.15) is 0 Å². The number of aromatic nitrogens is 1. The number of hydrogen-bond donors (Lipinski definition) is 2. The molecule has 1 saturated heterocycles. The molecule has 1 aliphatic rings. The number of carbonyl (C=O) groups is 1. The van der Waals surface area contributed by atoms with Crippen molar-refractivity contribution in [2.75, 3.05) is 13.1 Å². The number of benzene rings is 1. The number of β-amino-alcohol motifs (C(OH)–C–C–N with tert-alkyl or cyclic N) is 1. The van der Waals surface area contributed by atoms with Crippen molar-refractivity contribution in [3.05, 3.63) is 36.0 Å². The van der Waals surface area contributed by atoms with Crippen molar-refractivity contribution in [2.24, 2.45) is 5.92 Å². The fourth-order valence-corrected chi connectivity index (χ4v) is 2.67. The number of aliphatic hydroxyl groups is 1. The second-order valence-electron chi connectivity index (χ2n) is 5.33. The topological polar surface area (TPSA) is 56.3 Å². The second kappa shape index (κ2) is 4.70. The summed E-state index contributed by atoms with van der Waals surface area (Å²) in [5.74, 6) is 0.268. The summed E-state index contributed by atoms with van der Waals surface area (Å²) in [6.07, 6.45) is 2.28. The van der Waals surface area contributed by atoms with Crippen LogP contribution < -0.4 is 0 Å². The summed E-state index contributed by atoms with van der Waals surface area (Å²) in [4.78, 5) is 17.4. The lowest BCUT2D eigenvalue weighted by Gasteiger charge is -2.34. The molecule has 2 atom stereocenters. The minimum Gasteiger partial charge on any atom is -0.391 e. The molecule has 2 unspecified atom stereocenters. The van der Waals surface area contributed by atoms with Crippen LogP contribution >= 0.6 is 0 Å². The standard InChI is InChI=1S/C15H18N2O2/c1-10-6-8-17(9-13(10)18)15(19)12-4-2-3-11-5-7-16-14(11)12/h2-5,7,10,13,16,18H,6,8-9H2,1H3. The van der Waals surface area contributed by atoms with Crippen LogP contribution in [-0.4, -0.2) is 40.1 Å². The summed E-state index contributed by atoms with van der Waals surface area (Å²) in [7, 11) is 0. The van der Waals surface area contributed by atoms with E-state index in [0.29, 0.717) is 18.7 Å². The number of H-pyrrole nitrogens is 1. The Morgan fingerprint density at radius 2 is 2.26 bits per heavy atom. The zero-order chi connectivity index (χ0) is 13.4. The van der Waals surface area contributed by atoms with Crippen molar-refractivity contribution in [1.82, 2.24) is 9.88 Å². The van der Waals surface area contributed by atoms with E-state index >= 15 is 0 Å². The van der Waals surface area contributed by atoms with Gasteiger partial charge in [-0.15, -0.1) is 0 Å². The molecule has 1 aliphatic heterocycles. The minimum absolute atomic E-state index is 0.000926. The van der Waals surface area contributed by atoms with Crippen molar-refractivity contribution in [1.29, 1.82) is 0 Å². The number of nitrogens with zero attached hydrogens (tertiary/aromatic N) is 1. The van der Waals surface area contributed by atoms with Crippen molar-refractivity contribution in [3.8, 4) is 0 Å². The first-order valence-electron chi connectivity index (χ1n) is 6.70. The van der Waals surface area contributed by atoms with Gasteiger partial charge in [0.05, 0.1) is 17.2 Å². The summed E-state index contributed by atoms with van der Waals surface area (Å²) >= 11 is 0. The van der Waals surface area contributed by atoms with Gasteiger partial charge in [0.2, 0.25) is 0 Å². The maximum Gasteiger partial charge on any atom is 0.256 e. The predicted octanol–water partition coefficient (Wildman–Crippen LogP) is 2.01. The average Bonchev–Trinajstić information content (AvgIpc) is 2.89. The Hall–Kier alpha value is -1.81. The number of aliphatic hydroxyl groups excluding tert-OH is 1. The molecule has 0 radical (unpaired) electrons. The van der Waals surface area contributed by atoms with Crippen LogP contribution in [0.25, 0.3) is 10.9 Å². The number of amides is 1. The number of carbonyl (C=O) groups excluding carboxylic acids is 1. The normalized spacial score (nSPS) is 23.8. The Kier molecular flexibility index (Phi) is 3.03. The van der Waals surface area contributed by atoms with Gasteiger partial charge in [0.25, 0.3) is 5.91 Å². The smallest absolute Gasteiger partial charge is 0.256 e. The molecule has 0 saturated carbocycles. The van der Waals surface area contributed by atoms with E-state index in [1.54, 1.807) is 4.90 Å². The van der Waals surface area contributed by atoms with Crippen LogP contribution in [0.5, 0.6) is 0 Å². The highest BCUT2D eigenvalue weighted by molar-refractivity contribution is 6.05. The number of hydrogen-bond acceptors (Lipinski definition) is 2. The summed E-state index contributed by atoms with van der Waals surface area (Å²) in [6, 6.07) is 7.67. The zero-order valence-electron chi connectivity index (χ0n) is 11.0. The largest absolute Gasteiger partial charge is 0.391 e. The average molecular weight is 258 g/mol. The highest BCUT2D eigenvalue weighted by Crippen LogP contribution is 2.22. The summed E-state index contributed by atoms with van der Waals surface area (Å²) in [6.45, 7) is 3.17. The van der Waals surface area contributed by atoms with Crippen LogP contribution in [-0.2, 0) is 0 Å². The molecule has 2 aromatic rings. The molecular weight excluding hydrogens is 240 g/mol. The van der Waals surface area contributed by atoms with Crippen LogP contribution in [0, 0.1) is 5.92 Å². The lowest BCUT2D eigenvalue weighted by molar-refractivity contribution is 0.0250.